The van der Waals surface area contributed by atoms with Crippen LogP contribution in [0.3, 0.4) is 0 Å². The molecule has 0 aliphatic carbocycles. The molecule has 5 rings (SSSR count). The van der Waals surface area contributed by atoms with Gasteiger partial charge in [0.2, 0.25) is 5.91 Å². The fourth-order valence-electron chi connectivity index (χ4n) is 6.59. The van der Waals surface area contributed by atoms with Crippen LogP contribution in [0.25, 0.3) is 16.8 Å². The number of carboxylic acids is 1. The molecule has 3 aromatic heterocycles. The number of methoxy groups -OCH3 is 1. The van der Waals surface area contributed by atoms with E-state index in [0.717, 1.165) is 33.0 Å². The van der Waals surface area contributed by atoms with Crippen molar-refractivity contribution in [1.29, 1.82) is 0 Å². The van der Waals surface area contributed by atoms with E-state index in [0.29, 0.717) is 36.9 Å². The van der Waals surface area contributed by atoms with Crippen molar-refractivity contribution in [2.75, 3.05) is 26.7 Å². The van der Waals surface area contributed by atoms with E-state index in [1.54, 1.807) is 30.1 Å². The summed E-state index contributed by atoms with van der Waals surface area (Å²) in [4.78, 5) is 46.1. The van der Waals surface area contributed by atoms with E-state index < -0.39 is 47.7 Å². The lowest BCUT2D eigenvalue weighted by molar-refractivity contribution is -0.139. The number of halogens is 3. The highest BCUT2D eigenvalue weighted by atomic mass is 19.4. The van der Waals surface area contributed by atoms with E-state index in [1.165, 1.54) is 0 Å². The second kappa shape index (κ2) is 14.6. The average molecular weight is 682 g/mol. The molecule has 4 heterocycles. The van der Waals surface area contributed by atoms with E-state index in [4.69, 9.17) is 4.74 Å². The van der Waals surface area contributed by atoms with Gasteiger partial charge in [0.1, 0.15) is 11.7 Å². The molecule has 0 radical (unpaired) electrons. The lowest BCUT2D eigenvalue weighted by Crippen LogP contribution is -2.52. The van der Waals surface area contributed by atoms with Gasteiger partial charge in [0, 0.05) is 63.2 Å². The first kappa shape index (κ1) is 35.8. The van der Waals surface area contributed by atoms with Gasteiger partial charge in [0.05, 0.1) is 24.1 Å². The van der Waals surface area contributed by atoms with Crippen LogP contribution in [0.1, 0.15) is 66.6 Å². The Labute approximate surface area is 282 Å². The highest BCUT2D eigenvalue weighted by Gasteiger charge is 2.36. The van der Waals surface area contributed by atoms with E-state index in [9.17, 15) is 32.7 Å². The number of amides is 1. The summed E-state index contributed by atoms with van der Waals surface area (Å²) in [7, 11) is 1.58. The number of carboxylic acid groups (broad SMARTS) is 1. The largest absolute Gasteiger partial charge is 0.481 e. The first-order valence-electron chi connectivity index (χ1n) is 16.3. The number of aryl methyl sites for hydroxylation is 2. The number of aromatic nitrogens is 3. The Morgan fingerprint density at radius 3 is 2.43 bits per heavy atom. The first-order valence-corrected chi connectivity index (χ1v) is 16.3. The Morgan fingerprint density at radius 2 is 1.82 bits per heavy atom. The molecule has 2 N–H and O–H groups in total. The fraction of sp³-hybridized carbons (Fsp3) is 0.444. The number of fused-ring (bicyclic) bond motifs is 1. The minimum absolute atomic E-state index is 0.00916. The molecular weight excluding hydrogens is 639 g/mol. The molecule has 262 valence electrons. The van der Waals surface area contributed by atoms with Crippen LogP contribution in [0.5, 0.6) is 0 Å². The van der Waals surface area contributed by atoms with E-state index in [1.807, 2.05) is 56.9 Å². The van der Waals surface area contributed by atoms with E-state index >= 15 is 0 Å². The number of carbonyl (C=O) groups excluding carboxylic acids is 1. The third-order valence-corrected chi connectivity index (χ3v) is 9.11. The second-order valence-corrected chi connectivity index (χ2v) is 13.2. The van der Waals surface area contributed by atoms with E-state index in [-0.39, 0.29) is 30.4 Å². The van der Waals surface area contributed by atoms with Gasteiger partial charge in [0.25, 0.3) is 5.56 Å². The van der Waals surface area contributed by atoms with Crippen molar-refractivity contribution < 1.29 is 32.6 Å². The predicted octanol–water partition coefficient (Wildman–Crippen LogP) is 5.59. The Morgan fingerprint density at radius 1 is 1.12 bits per heavy atom. The van der Waals surface area contributed by atoms with Crippen LogP contribution < -0.4 is 10.9 Å². The normalized spacial score (nSPS) is 15.4. The number of benzene rings is 1. The van der Waals surface area contributed by atoms with Gasteiger partial charge >= 0.3 is 12.1 Å². The summed E-state index contributed by atoms with van der Waals surface area (Å²) < 4.78 is 50.4. The summed E-state index contributed by atoms with van der Waals surface area (Å²) >= 11 is 0. The van der Waals surface area contributed by atoms with Crippen molar-refractivity contribution >= 4 is 17.5 Å². The summed E-state index contributed by atoms with van der Waals surface area (Å²) in [6, 6.07) is 6.03. The van der Waals surface area contributed by atoms with Crippen molar-refractivity contribution in [2.45, 2.75) is 71.3 Å². The summed E-state index contributed by atoms with van der Waals surface area (Å²) in [5.41, 5.74) is 2.71. The molecule has 0 unspecified atom stereocenters. The van der Waals surface area contributed by atoms with Crippen LogP contribution in [0.4, 0.5) is 13.2 Å². The molecule has 1 saturated heterocycles. The number of hydrogen-bond donors (Lipinski definition) is 2. The highest BCUT2D eigenvalue weighted by Crippen LogP contribution is 2.35. The topological polar surface area (TPSA) is 118 Å². The molecule has 2 atom stereocenters. The van der Waals surface area contributed by atoms with Gasteiger partial charge in [-0.3, -0.25) is 19.3 Å². The van der Waals surface area contributed by atoms with Crippen molar-refractivity contribution in [3.63, 3.8) is 0 Å². The summed E-state index contributed by atoms with van der Waals surface area (Å²) in [5, 5.41) is 12.8. The average Bonchev–Trinajstić information content (AvgIpc) is 3.47. The number of alkyl halides is 3. The van der Waals surface area contributed by atoms with Gasteiger partial charge in [0.15, 0.2) is 0 Å². The number of carbonyl (C=O) groups is 2. The monoisotopic (exact) mass is 681 g/mol. The zero-order valence-corrected chi connectivity index (χ0v) is 28.3. The third-order valence-electron chi connectivity index (χ3n) is 9.11. The smallest absolute Gasteiger partial charge is 0.416 e. The molecule has 1 aliphatic rings. The number of rotatable bonds is 13. The Balaban J connectivity index is 1.53. The van der Waals surface area contributed by atoms with Crippen LogP contribution in [0.15, 0.2) is 59.9 Å². The maximum atomic E-state index is 14.1. The number of ether oxygens (including phenoxy) is 1. The molecule has 49 heavy (non-hydrogen) atoms. The lowest BCUT2D eigenvalue weighted by Gasteiger charge is -2.38. The van der Waals surface area contributed by atoms with Crippen molar-refractivity contribution in [1.82, 2.24) is 24.2 Å². The SMILES string of the molecule is COC1CN(CCc2cn([C@@H](CC(C)C)C(=O)N[C@@H](CC(=O)O)c3cc(-c4c(C)cccc4C)c4nccn4c3)c(=O)cc2C(F)(F)F)C1. The highest BCUT2D eigenvalue weighted by molar-refractivity contribution is 5.84. The lowest BCUT2D eigenvalue weighted by atomic mass is 9.93. The molecule has 1 aromatic carbocycles. The van der Waals surface area contributed by atoms with Gasteiger partial charge in [-0.15, -0.1) is 0 Å². The predicted molar refractivity (Wildman–Crippen MR) is 178 cm³/mol. The quantitative estimate of drug-likeness (QED) is 0.189. The number of likely N-dealkylation sites (tertiary alicyclic amines) is 1. The van der Waals surface area contributed by atoms with Gasteiger partial charge in [-0.1, -0.05) is 32.0 Å². The number of hydrogen-bond acceptors (Lipinski definition) is 6. The molecule has 13 heteroatoms. The standard InChI is InChI=1S/C36H42F3N5O5/c1-21(2)13-30(44-18-24(9-11-42-19-26(20-42)49-5)28(15-31(44)45)36(37,38)39)35(48)41-29(16-32(46)47)25-14-27(34-40-10-12-43(34)17-25)33-22(3)7-6-8-23(33)4/h6-8,10,12,14-15,17-18,21,26,29-30H,9,11,13,16,19-20H2,1-5H3,(H,41,48)(H,46,47)/t29-,30-/m0/s1. The molecule has 1 amide bonds. The van der Waals surface area contributed by atoms with Crippen LogP contribution in [-0.2, 0) is 26.9 Å². The molecule has 0 bridgehead atoms. The number of pyridine rings is 2. The first-order chi connectivity index (χ1) is 23.2. The van der Waals surface area contributed by atoms with Gasteiger partial charge < -0.3 is 24.1 Å². The molecule has 0 spiro atoms. The van der Waals surface area contributed by atoms with Crippen LogP contribution in [0, 0.1) is 19.8 Å². The second-order valence-electron chi connectivity index (χ2n) is 13.2. The molecule has 1 fully saturated rings. The number of aliphatic carboxylic acids is 1. The van der Waals surface area contributed by atoms with Gasteiger partial charge in [-0.2, -0.15) is 13.2 Å². The van der Waals surface area contributed by atoms with Crippen molar-refractivity contribution in [2.24, 2.45) is 5.92 Å². The molecule has 10 nitrogen and oxygen atoms in total. The third kappa shape index (κ3) is 8.05. The van der Waals surface area contributed by atoms with Crippen molar-refractivity contribution in [3.05, 3.63) is 93.3 Å². The maximum absolute atomic E-state index is 14.1. The number of imidazole rings is 1. The van der Waals surface area contributed by atoms with Crippen molar-refractivity contribution in [3.8, 4) is 11.1 Å². The van der Waals surface area contributed by atoms with Crippen LogP contribution >= 0.6 is 0 Å². The molecule has 0 saturated carbocycles. The van der Waals surface area contributed by atoms with Gasteiger partial charge in [-0.05, 0) is 66.5 Å². The summed E-state index contributed by atoms with van der Waals surface area (Å²) in [5.74, 6) is -1.96. The molecular formula is C36H42F3N5O5. The Hall–Kier alpha value is -4.49. The zero-order chi connectivity index (χ0) is 35.6. The fourth-order valence-corrected chi connectivity index (χ4v) is 6.59. The number of nitrogens with one attached hydrogen (secondary N) is 1. The Bertz CT molecular complexity index is 1870. The molecule has 4 aromatic rings. The minimum atomic E-state index is -4.76. The minimum Gasteiger partial charge on any atom is -0.481 e. The van der Waals surface area contributed by atoms with E-state index in [2.05, 4.69) is 10.3 Å². The van der Waals surface area contributed by atoms with Gasteiger partial charge in [-0.25, -0.2) is 4.98 Å². The van der Waals surface area contributed by atoms with Crippen LogP contribution in [-0.4, -0.2) is 68.7 Å². The molecule has 1 aliphatic heterocycles. The Kier molecular flexibility index (Phi) is 10.6. The summed E-state index contributed by atoms with van der Waals surface area (Å²) in [6.45, 7) is 9.13. The van der Waals surface area contributed by atoms with Crippen LogP contribution in [0.2, 0.25) is 0 Å². The summed E-state index contributed by atoms with van der Waals surface area (Å²) in [6.07, 6.45) is 1.15. The maximum Gasteiger partial charge on any atom is 0.416 e. The zero-order valence-electron chi connectivity index (χ0n) is 28.3. The number of nitrogens with zero attached hydrogens (tertiary/aromatic N) is 4.